The van der Waals surface area contributed by atoms with E-state index in [0.29, 0.717) is 17.8 Å². The number of aromatic amines is 1. The van der Waals surface area contributed by atoms with E-state index in [0.717, 1.165) is 24.5 Å². The number of nitrogens with one attached hydrogen (secondary N) is 2. The lowest BCUT2D eigenvalue weighted by molar-refractivity contribution is -0.117. The SMILES string of the molecule is Cc1nc([C@@H](NC(=O)c2ccc(N3CCCC3=O)cc2)C(C)C)n[nH]1. The molecule has 1 saturated heterocycles. The van der Waals surface area contributed by atoms with E-state index in [1.54, 1.807) is 17.0 Å². The van der Waals surface area contributed by atoms with Crippen LogP contribution < -0.4 is 10.2 Å². The van der Waals surface area contributed by atoms with Gasteiger partial charge < -0.3 is 10.2 Å². The Kier molecular flexibility index (Phi) is 4.83. The summed E-state index contributed by atoms with van der Waals surface area (Å²) in [6, 6.07) is 6.87. The molecule has 2 N–H and O–H groups in total. The molecule has 1 aliphatic rings. The molecular formula is C18H23N5O2. The molecule has 7 heteroatoms. The molecule has 25 heavy (non-hydrogen) atoms. The second kappa shape index (κ2) is 7.04. The first-order valence-corrected chi connectivity index (χ1v) is 8.56. The number of H-pyrrole nitrogens is 1. The van der Waals surface area contributed by atoms with Crippen LogP contribution in [0.4, 0.5) is 5.69 Å². The van der Waals surface area contributed by atoms with Crippen molar-refractivity contribution in [1.82, 2.24) is 20.5 Å². The summed E-state index contributed by atoms with van der Waals surface area (Å²) in [6.07, 6.45) is 1.47. The van der Waals surface area contributed by atoms with Crippen LogP contribution in [0.3, 0.4) is 0 Å². The zero-order chi connectivity index (χ0) is 18.0. The van der Waals surface area contributed by atoms with Crippen molar-refractivity contribution in [2.45, 2.75) is 39.7 Å². The number of benzene rings is 1. The number of nitrogens with zero attached hydrogens (tertiary/aromatic N) is 3. The highest BCUT2D eigenvalue weighted by molar-refractivity contribution is 5.97. The predicted octanol–water partition coefficient (Wildman–Crippen LogP) is 2.37. The van der Waals surface area contributed by atoms with E-state index in [9.17, 15) is 9.59 Å². The highest BCUT2D eigenvalue weighted by atomic mass is 16.2. The van der Waals surface area contributed by atoms with Gasteiger partial charge in [0.25, 0.3) is 5.91 Å². The van der Waals surface area contributed by atoms with Crippen LogP contribution in [0.2, 0.25) is 0 Å². The lowest BCUT2D eigenvalue weighted by Gasteiger charge is -2.20. The summed E-state index contributed by atoms with van der Waals surface area (Å²) in [4.78, 5) is 30.5. The van der Waals surface area contributed by atoms with Crippen molar-refractivity contribution in [1.29, 1.82) is 0 Å². The van der Waals surface area contributed by atoms with E-state index >= 15 is 0 Å². The second-order valence-electron chi connectivity index (χ2n) is 6.67. The molecule has 1 aromatic heterocycles. The maximum Gasteiger partial charge on any atom is 0.251 e. The lowest BCUT2D eigenvalue weighted by atomic mass is 10.0. The van der Waals surface area contributed by atoms with Crippen LogP contribution in [0.5, 0.6) is 0 Å². The molecule has 0 radical (unpaired) electrons. The maximum absolute atomic E-state index is 12.6. The number of anilines is 1. The maximum atomic E-state index is 12.6. The number of amides is 2. The summed E-state index contributed by atoms with van der Waals surface area (Å²) in [7, 11) is 0. The Morgan fingerprint density at radius 3 is 2.52 bits per heavy atom. The van der Waals surface area contributed by atoms with E-state index in [1.165, 1.54) is 0 Å². The van der Waals surface area contributed by atoms with E-state index in [2.05, 4.69) is 20.5 Å². The summed E-state index contributed by atoms with van der Waals surface area (Å²) in [6.45, 7) is 6.59. The van der Waals surface area contributed by atoms with Gasteiger partial charge in [-0.2, -0.15) is 5.10 Å². The fraction of sp³-hybridized carbons (Fsp3) is 0.444. The van der Waals surface area contributed by atoms with Crippen LogP contribution in [-0.4, -0.2) is 33.5 Å². The van der Waals surface area contributed by atoms with Crippen molar-refractivity contribution >= 4 is 17.5 Å². The monoisotopic (exact) mass is 341 g/mol. The molecule has 0 unspecified atom stereocenters. The fourth-order valence-electron chi connectivity index (χ4n) is 2.97. The first kappa shape index (κ1) is 17.1. The van der Waals surface area contributed by atoms with Crippen LogP contribution in [-0.2, 0) is 4.79 Å². The first-order valence-electron chi connectivity index (χ1n) is 8.56. The Balaban J connectivity index is 1.72. The van der Waals surface area contributed by atoms with Gasteiger partial charge in [0.05, 0.1) is 6.04 Å². The largest absolute Gasteiger partial charge is 0.342 e. The molecule has 2 heterocycles. The minimum atomic E-state index is -0.266. The molecule has 0 saturated carbocycles. The molecule has 3 rings (SSSR count). The third kappa shape index (κ3) is 3.70. The van der Waals surface area contributed by atoms with Gasteiger partial charge in [-0.3, -0.25) is 14.7 Å². The Bertz CT molecular complexity index is 766. The summed E-state index contributed by atoms with van der Waals surface area (Å²) >= 11 is 0. The third-order valence-corrected chi connectivity index (χ3v) is 4.36. The Morgan fingerprint density at radius 1 is 1.28 bits per heavy atom. The van der Waals surface area contributed by atoms with E-state index < -0.39 is 0 Å². The number of carbonyl (C=O) groups is 2. The summed E-state index contributed by atoms with van der Waals surface area (Å²) in [5.41, 5.74) is 1.39. The summed E-state index contributed by atoms with van der Waals surface area (Å²) in [5.74, 6) is 1.41. The van der Waals surface area contributed by atoms with Crippen molar-refractivity contribution in [3.8, 4) is 0 Å². The first-order chi connectivity index (χ1) is 12.0. The molecule has 1 aromatic carbocycles. The molecule has 0 bridgehead atoms. The summed E-state index contributed by atoms with van der Waals surface area (Å²) < 4.78 is 0. The molecule has 0 aliphatic carbocycles. The molecule has 1 fully saturated rings. The number of carbonyl (C=O) groups excluding carboxylic acids is 2. The molecule has 2 aromatic rings. The van der Waals surface area contributed by atoms with Crippen LogP contribution in [0.15, 0.2) is 24.3 Å². The smallest absolute Gasteiger partial charge is 0.251 e. The minimum Gasteiger partial charge on any atom is -0.342 e. The zero-order valence-corrected chi connectivity index (χ0v) is 14.7. The number of hydrogen-bond donors (Lipinski definition) is 2. The molecule has 1 atom stereocenters. The average Bonchev–Trinajstić information content (AvgIpc) is 3.20. The third-order valence-electron chi connectivity index (χ3n) is 4.36. The van der Waals surface area contributed by atoms with Gasteiger partial charge >= 0.3 is 0 Å². The van der Waals surface area contributed by atoms with Gasteiger partial charge in [0.2, 0.25) is 5.91 Å². The molecule has 7 nitrogen and oxygen atoms in total. The Hall–Kier alpha value is -2.70. The highest BCUT2D eigenvalue weighted by Gasteiger charge is 2.24. The molecule has 132 valence electrons. The summed E-state index contributed by atoms with van der Waals surface area (Å²) in [5, 5.41) is 9.97. The van der Waals surface area contributed by atoms with Crippen LogP contribution >= 0.6 is 0 Å². The van der Waals surface area contributed by atoms with E-state index in [4.69, 9.17) is 0 Å². The topological polar surface area (TPSA) is 91.0 Å². The van der Waals surface area contributed by atoms with Crippen molar-refractivity contribution in [2.24, 2.45) is 5.92 Å². The molecule has 1 aliphatic heterocycles. The van der Waals surface area contributed by atoms with E-state index in [-0.39, 0.29) is 23.8 Å². The van der Waals surface area contributed by atoms with E-state index in [1.807, 2.05) is 32.9 Å². The van der Waals surface area contributed by atoms with Gasteiger partial charge in [-0.1, -0.05) is 13.8 Å². The fourth-order valence-corrected chi connectivity index (χ4v) is 2.97. The number of rotatable bonds is 5. The molecular weight excluding hydrogens is 318 g/mol. The van der Waals surface area contributed by atoms with Crippen molar-refractivity contribution in [2.75, 3.05) is 11.4 Å². The van der Waals surface area contributed by atoms with Crippen LogP contribution in [0.25, 0.3) is 0 Å². The second-order valence-corrected chi connectivity index (χ2v) is 6.67. The number of hydrogen-bond acceptors (Lipinski definition) is 4. The lowest BCUT2D eigenvalue weighted by Crippen LogP contribution is -2.32. The standard InChI is InChI=1S/C18H23N5O2/c1-11(2)16(17-19-12(3)21-22-17)20-18(25)13-6-8-14(9-7-13)23-10-4-5-15(23)24/h6-9,11,16H,4-5,10H2,1-3H3,(H,20,25)(H,19,21,22)/t16-/m0/s1. The zero-order valence-electron chi connectivity index (χ0n) is 14.7. The predicted molar refractivity (Wildman–Crippen MR) is 94.2 cm³/mol. The normalized spacial score (nSPS) is 15.7. The Morgan fingerprint density at radius 2 is 2.00 bits per heavy atom. The van der Waals surface area contributed by atoms with Gasteiger partial charge in [0, 0.05) is 24.2 Å². The van der Waals surface area contributed by atoms with Crippen molar-refractivity contribution in [3.05, 3.63) is 41.5 Å². The van der Waals surface area contributed by atoms with Crippen LogP contribution in [0.1, 0.15) is 54.7 Å². The minimum absolute atomic E-state index is 0.136. The van der Waals surface area contributed by atoms with Crippen molar-refractivity contribution < 1.29 is 9.59 Å². The van der Waals surface area contributed by atoms with Gasteiger partial charge in [-0.15, -0.1) is 0 Å². The Labute approximate surface area is 146 Å². The van der Waals surface area contributed by atoms with Crippen LogP contribution in [0, 0.1) is 12.8 Å². The van der Waals surface area contributed by atoms with Gasteiger partial charge in [-0.25, -0.2) is 4.98 Å². The quantitative estimate of drug-likeness (QED) is 0.873. The highest BCUT2D eigenvalue weighted by Crippen LogP contribution is 2.23. The van der Waals surface area contributed by atoms with Gasteiger partial charge in [0.1, 0.15) is 5.82 Å². The number of aromatic nitrogens is 3. The van der Waals surface area contributed by atoms with Gasteiger partial charge in [0.15, 0.2) is 5.82 Å². The van der Waals surface area contributed by atoms with Gasteiger partial charge in [-0.05, 0) is 43.5 Å². The number of aryl methyl sites for hydroxylation is 1. The molecule has 0 spiro atoms. The average molecular weight is 341 g/mol. The molecule has 2 amide bonds. The van der Waals surface area contributed by atoms with Crippen molar-refractivity contribution in [3.63, 3.8) is 0 Å².